The maximum absolute atomic E-state index is 12.4. The van der Waals surface area contributed by atoms with E-state index in [0.29, 0.717) is 17.1 Å². The van der Waals surface area contributed by atoms with Gasteiger partial charge >= 0.3 is 0 Å². The van der Waals surface area contributed by atoms with Crippen molar-refractivity contribution < 1.29 is 13.2 Å². The third-order valence-corrected chi connectivity index (χ3v) is 5.85. The normalized spacial score (nSPS) is 11.8. The second kappa shape index (κ2) is 8.69. The van der Waals surface area contributed by atoms with Crippen molar-refractivity contribution in [2.75, 3.05) is 13.1 Å². The number of carbonyl (C=O) groups is 1. The summed E-state index contributed by atoms with van der Waals surface area (Å²) < 4.78 is 26.5. The molecule has 144 valence electrons. The highest BCUT2D eigenvalue weighted by Gasteiger charge is 2.22. The molecule has 0 bridgehead atoms. The summed E-state index contributed by atoms with van der Waals surface area (Å²) in [6.45, 7) is 8.09. The first-order valence-electron chi connectivity index (χ1n) is 8.40. The SMILES string of the molecule is C=CCNS(=O)(=O)c1ccc(C(=O)NCC(C)(C)c2ccc(Cl)cc2)cc1. The molecule has 2 aromatic rings. The molecule has 0 aliphatic rings. The number of halogens is 1. The Morgan fingerprint density at radius 3 is 2.26 bits per heavy atom. The predicted molar refractivity (Wildman–Crippen MR) is 109 cm³/mol. The van der Waals surface area contributed by atoms with Crippen LogP contribution in [-0.2, 0) is 15.4 Å². The van der Waals surface area contributed by atoms with Gasteiger partial charge in [-0.15, -0.1) is 6.58 Å². The van der Waals surface area contributed by atoms with Crippen molar-refractivity contribution in [3.05, 3.63) is 77.3 Å². The van der Waals surface area contributed by atoms with Gasteiger partial charge in [-0.25, -0.2) is 13.1 Å². The summed E-state index contributed by atoms with van der Waals surface area (Å²) >= 11 is 5.92. The predicted octanol–water partition coefficient (Wildman–Crippen LogP) is 3.51. The fraction of sp³-hybridized carbons (Fsp3) is 0.250. The number of hydrogen-bond acceptors (Lipinski definition) is 3. The molecule has 0 heterocycles. The van der Waals surface area contributed by atoms with Crippen LogP contribution in [0.1, 0.15) is 29.8 Å². The average molecular weight is 407 g/mol. The lowest BCUT2D eigenvalue weighted by molar-refractivity contribution is 0.0945. The minimum Gasteiger partial charge on any atom is -0.351 e. The van der Waals surface area contributed by atoms with Gasteiger partial charge in [-0.05, 0) is 42.0 Å². The lowest BCUT2D eigenvalue weighted by Crippen LogP contribution is -2.36. The smallest absolute Gasteiger partial charge is 0.251 e. The van der Waals surface area contributed by atoms with Crippen LogP contribution in [0.5, 0.6) is 0 Å². The minimum absolute atomic E-state index is 0.0994. The van der Waals surface area contributed by atoms with Gasteiger partial charge in [0, 0.05) is 29.1 Å². The molecule has 0 unspecified atom stereocenters. The van der Waals surface area contributed by atoms with E-state index in [9.17, 15) is 13.2 Å². The Labute approximate surface area is 165 Å². The van der Waals surface area contributed by atoms with E-state index in [-0.39, 0.29) is 22.8 Å². The fourth-order valence-electron chi connectivity index (χ4n) is 2.44. The van der Waals surface area contributed by atoms with E-state index in [1.54, 1.807) is 0 Å². The summed E-state index contributed by atoms with van der Waals surface area (Å²) in [7, 11) is -3.60. The molecule has 7 heteroatoms. The zero-order chi connectivity index (χ0) is 20.1. The van der Waals surface area contributed by atoms with Crippen LogP contribution in [0, 0.1) is 0 Å². The molecule has 0 fully saturated rings. The number of nitrogens with one attached hydrogen (secondary N) is 2. The number of sulfonamides is 1. The molecule has 2 rings (SSSR count). The molecule has 1 amide bonds. The van der Waals surface area contributed by atoms with Crippen molar-refractivity contribution in [1.29, 1.82) is 0 Å². The summed E-state index contributed by atoms with van der Waals surface area (Å²) in [5.41, 5.74) is 1.17. The maximum Gasteiger partial charge on any atom is 0.251 e. The molecular weight excluding hydrogens is 384 g/mol. The van der Waals surface area contributed by atoms with Crippen molar-refractivity contribution in [2.24, 2.45) is 0 Å². The largest absolute Gasteiger partial charge is 0.351 e. The molecule has 0 atom stereocenters. The highest BCUT2D eigenvalue weighted by atomic mass is 35.5. The summed E-state index contributed by atoms with van der Waals surface area (Å²) in [6.07, 6.45) is 1.46. The number of amides is 1. The summed E-state index contributed by atoms with van der Waals surface area (Å²) in [5, 5.41) is 3.56. The van der Waals surface area contributed by atoms with Crippen molar-refractivity contribution >= 4 is 27.5 Å². The standard InChI is InChI=1S/C20H23ClN2O3S/c1-4-13-23-27(25,26)18-11-5-15(6-12-18)19(24)22-14-20(2,3)16-7-9-17(21)10-8-16/h4-12,23H,1,13-14H2,2-3H3,(H,22,24). The van der Waals surface area contributed by atoms with E-state index in [4.69, 9.17) is 11.6 Å². The van der Waals surface area contributed by atoms with Gasteiger partial charge in [0.2, 0.25) is 10.0 Å². The second-order valence-corrected chi connectivity index (χ2v) is 8.94. The Balaban J connectivity index is 2.03. The Morgan fingerprint density at radius 2 is 1.70 bits per heavy atom. The van der Waals surface area contributed by atoms with Crippen LogP contribution in [0.25, 0.3) is 0 Å². The van der Waals surface area contributed by atoms with Gasteiger partial charge in [0.25, 0.3) is 5.91 Å². The first-order valence-corrected chi connectivity index (χ1v) is 10.3. The van der Waals surface area contributed by atoms with E-state index in [0.717, 1.165) is 5.56 Å². The van der Waals surface area contributed by atoms with E-state index in [1.807, 2.05) is 38.1 Å². The van der Waals surface area contributed by atoms with E-state index in [2.05, 4.69) is 16.6 Å². The number of carbonyl (C=O) groups excluding carboxylic acids is 1. The average Bonchev–Trinajstić information content (AvgIpc) is 2.65. The molecule has 0 radical (unpaired) electrons. The molecule has 2 aromatic carbocycles. The van der Waals surface area contributed by atoms with Gasteiger partial charge in [0.15, 0.2) is 0 Å². The van der Waals surface area contributed by atoms with Gasteiger partial charge in [-0.1, -0.05) is 43.7 Å². The molecule has 0 aliphatic heterocycles. The van der Waals surface area contributed by atoms with Crippen LogP contribution in [0.15, 0.2) is 66.1 Å². The van der Waals surface area contributed by atoms with Crippen LogP contribution < -0.4 is 10.0 Å². The lowest BCUT2D eigenvalue weighted by Gasteiger charge is -2.25. The van der Waals surface area contributed by atoms with Gasteiger partial charge in [0.1, 0.15) is 0 Å². The zero-order valence-corrected chi connectivity index (χ0v) is 16.9. The Bertz CT molecular complexity index is 905. The van der Waals surface area contributed by atoms with Crippen molar-refractivity contribution in [2.45, 2.75) is 24.2 Å². The van der Waals surface area contributed by atoms with Crippen LogP contribution in [0.3, 0.4) is 0 Å². The van der Waals surface area contributed by atoms with Crippen LogP contribution >= 0.6 is 11.6 Å². The summed E-state index contributed by atoms with van der Waals surface area (Å²) in [4.78, 5) is 12.5. The monoisotopic (exact) mass is 406 g/mol. The second-order valence-electron chi connectivity index (χ2n) is 6.74. The van der Waals surface area contributed by atoms with Crippen molar-refractivity contribution in [3.63, 3.8) is 0 Å². The summed E-state index contributed by atoms with van der Waals surface area (Å²) in [5.74, 6) is -0.264. The molecule has 5 nitrogen and oxygen atoms in total. The van der Waals surface area contributed by atoms with Crippen molar-refractivity contribution in [3.8, 4) is 0 Å². The van der Waals surface area contributed by atoms with Crippen LogP contribution in [0.4, 0.5) is 0 Å². The molecule has 0 aromatic heterocycles. The number of rotatable bonds is 8. The van der Waals surface area contributed by atoms with E-state index in [1.165, 1.54) is 30.3 Å². The van der Waals surface area contributed by atoms with Crippen LogP contribution in [0.2, 0.25) is 5.02 Å². The van der Waals surface area contributed by atoms with E-state index >= 15 is 0 Å². The fourth-order valence-corrected chi connectivity index (χ4v) is 3.57. The van der Waals surface area contributed by atoms with Gasteiger partial charge in [-0.3, -0.25) is 4.79 Å². The zero-order valence-electron chi connectivity index (χ0n) is 15.3. The van der Waals surface area contributed by atoms with Gasteiger partial charge in [0.05, 0.1) is 4.90 Å². The maximum atomic E-state index is 12.4. The molecule has 0 spiro atoms. The Hall–Kier alpha value is -2.15. The highest BCUT2D eigenvalue weighted by Crippen LogP contribution is 2.24. The topological polar surface area (TPSA) is 75.3 Å². The van der Waals surface area contributed by atoms with Crippen molar-refractivity contribution in [1.82, 2.24) is 10.0 Å². The number of hydrogen-bond donors (Lipinski definition) is 2. The summed E-state index contributed by atoms with van der Waals surface area (Å²) in [6, 6.07) is 13.3. The lowest BCUT2D eigenvalue weighted by atomic mass is 9.84. The molecule has 27 heavy (non-hydrogen) atoms. The number of benzene rings is 2. The first-order chi connectivity index (χ1) is 12.7. The first kappa shape index (κ1) is 21.2. The van der Waals surface area contributed by atoms with E-state index < -0.39 is 10.0 Å². The molecule has 0 saturated heterocycles. The Morgan fingerprint density at radius 1 is 1.11 bits per heavy atom. The van der Waals surface area contributed by atoms with Gasteiger partial charge in [-0.2, -0.15) is 0 Å². The third kappa shape index (κ3) is 5.66. The quantitative estimate of drug-likeness (QED) is 0.658. The van der Waals surface area contributed by atoms with Crippen LogP contribution in [-0.4, -0.2) is 27.4 Å². The molecule has 0 aliphatic carbocycles. The Kier molecular flexibility index (Phi) is 6.81. The molecule has 2 N–H and O–H groups in total. The third-order valence-electron chi connectivity index (χ3n) is 4.16. The minimum atomic E-state index is -3.60. The highest BCUT2D eigenvalue weighted by molar-refractivity contribution is 7.89. The molecule has 0 saturated carbocycles. The van der Waals surface area contributed by atoms with Gasteiger partial charge < -0.3 is 5.32 Å². The molecular formula is C20H23ClN2O3S.